The molecule has 4 rings (SSSR count). The van der Waals surface area contributed by atoms with Crippen LogP contribution in [0.1, 0.15) is 44.6 Å². The van der Waals surface area contributed by atoms with Crippen molar-refractivity contribution in [3.8, 4) is 0 Å². The van der Waals surface area contributed by atoms with E-state index in [-0.39, 0.29) is 11.1 Å². The predicted molar refractivity (Wildman–Crippen MR) is 118 cm³/mol. The molecule has 2 fully saturated rings. The maximum atomic E-state index is 13.1. The molecular formula is C24H30FNO3S. The van der Waals surface area contributed by atoms with Gasteiger partial charge in [-0.05, 0) is 73.6 Å². The van der Waals surface area contributed by atoms with Crippen LogP contribution >= 0.6 is 11.8 Å². The second-order valence-corrected chi connectivity index (χ2v) is 10.3. The summed E-state index contributed by atoms with van der Waals surface area (Å²) >= 11 is 1.70. The standard InChI is InChI=1S/C24H30FNO3S/c1-16(4-5-17-7-10-21(25)11-8-17)30-23-22(29-24(27)28)3-2-12-26(23)15-20-14-18-6-9-19(20)13-18/h2-3,7-8,10-11,16,18-20H,4-6,9,12-15H2,1H3,(H,27,28). The average molecular weight is 432 g/mol. The molecule has 30 heavy (non-hydrogen) atoms. The molecule has 2 saturated carbocycles. The van der Waals surface area contributed by atoms with Crippen molar-refractivity contribution in [2.45, 2.75) is 50.7 Å². The van der Waals surface area contributed by atoms with Crippen LogP contribution in [0.15, 0.2) is 47.2 Å². The summed E-state index contributed by atoms with van der Waals surface area (Å²) in [4.78, 5) is 13.6. The van der Waals surface area contributed by atoms with Crippen LogP contribution in [-0.4, -0.2) is 34.5 Å². The van der Waals surface area contributed by atoms with Gasteiger partial charge in [-0.1, -0.05) is 31.6 Å². The average Bonchev–Trinajstić information content (AvgIpc) is 3.33. The Bertz CT molecular complexity index is 822. The summed E-state index contributed by atoms with van der Waals surface area (Å²) in [6.07, 6.45) is 9.70. The maximum Gasteiger partial charge on any atom is 0.511 e. The monoisotopic (exact) mass is 431 g/mol. The highest BCUT2D eigenvalue weighted by atomic mass is 32.2. The summed E-state index contributed by atoms with van der Waals surface area (Å²) in [5.41, 5.74) is 1.11. The van der Waals surface area contributed by atoms with Crippen LogP contribution in [0.3, 0.4) is 0 Å². The van der Waals surface area contributed by atoms with Crippen LogP contribution in [0, 0.1) is 23.6 Å². The second kappa shape index (κ2) is 9.46. The van der Waals surface area contributed by atoms with Gasteiger partial charge in [0.05, 0.1) is 0 Å². The lowest BCUT2D eigenvalue weighted by Gasteiger charge is -2.35. The maximum absolute atomic E-state index is 13.1. The molecule has 1 aliphatic heterocycles. The Hall–Kier alpha value is -1.95. The van der Waals surface area contributed by atoms with Crippen LogP contribution in [0.25, 0.3) is 0 Å². The number of benzene rings is 1. The molecule has 1 aromatic carbocycles. The fourth-order valence-corrected chi connectivity index (χ4v) is 6.35. The molecule has 4 nitrogen and oxygen atoms in total. The Morgan fingerprint density at radius 2 is 2.10 bits per heavy atom. The van der Waals surface area contributed by atoms with E-state index in [0.29, 0.717) is 11.7 Å². The lowest BCUT2D eigenvalue weighted by Crippen LogP contribution is -2.33. The van der Waals surface area contributed by atoms with Crippen LogP contribution in [-0.2, 0) is 11.2 Å². The van der Waals surface area contributed by atoms with Crippen molar-refractivity contribution in [1.82, 2.24) is 4.90 Å². The third-order valence-corrected chi connectivity index (χ3v) is 8.02. The molecule has 0 spiro atoms. The number of fused-ring (bicyclic) bond motifs is 2. The number of carboxylic acid groups (broad SMARTS) is 1. The third-order valence-electron chi connectivity index (χ3n) is 6.70. The Morgan fingerprint density at radius 3 is 2.77 bits per heavy atom. The lowest BCUT2D eigenvalue weighted by molar-refractivity contribution is 0.118. The first-order chi connectivity index (χ1) is 14.5. The first-order valence-corrected chi connectivity index (χ1v) is 11.8. The highest BCUT2D eigenvalue weighted by Crippen LogP contribution is 2.49. The number of allylic oxidation sites excluding steroid dienone is 1. The fraction of sp³-hybridized carbons (Fsp3) is 0.542. The van der Waals surface area contributed by atoms with E-state index < -0.39 is 6.16 Å². The van der Waals surface area contributed by atoms with Gasteiger partial charge >= 0.3 is 6.16 Å². The van der Waals surface area contributed by atoms with Crippen molar-refractivity contribution in [1.29, 1.82) is 0 Å². The highest BCUT2D eigenvalue weighted by Gasteiger charge is 2.40. The van der Waals surface area contributed by atoms with Crippen molar-refractivity contribution in [3.63, 3.8) is 0 Å². The smallest absolute Gasteiger partial charge is 0.449 e. The van der Waals surface area contributed by atoms with E-state index in [0.717, 1.165) is 48.4 Å². The number of thioether (sulfide) groups is 1. The second-order valence-electron chi connectivity index (χ2n) is 8.87. The Labute approximate surface area is 182 Å². The summed E-state index contributed by atoms with van der Waals surface area (Å²) in [6, 6.07) is 6.65. The quantitative estimate of drug-likeness (QED) is 0.508. The van der Waals surface area contributed by atoms with Crippen LogP contribution in [0.5, 0.6) is 0 Å². The molecule has 1 N–H and O–H groups in total. The number of nitrogens with zero attached hydrogens (tertiary/aromatic N) is 1. The molecule has 4 atom stereocenters. The summed E-state index contributed by atoms with van der Waals surface area (Å²) in [5.74, 6) is 2.64. The number of ether oxygens (including phenoxy) is 1. The zero-order valence-corrected chi connectivity index (χ0v) is 18.2. The van der Waals surface area contributed by atoms with Gasteiger partial charge in [0.1, 0.15) is 10.8 Å². The van der Waals surface area contributed by atoms with E-state index >= 15 is 0 Å². The summed E-state index contributed by atoms with van der Waals surface area (Å²) in [5, 5.41) is 10.4. The van der Waals surface area contributed by atoms with Gasteiger partial charge in [-0.3, -0.25) is 0 Å². The van der Waals surface area contributed by atoms with Gasteiger partial charge in [0, 0.05) is 18.3 Å². The Balaban J connectivity index is 1.42. The van der Waals surface area contributed by atoms with Crippen LogP contribution in [0.4, 0.5) is 9.18 Å². The Morgan fingerprint density at radius 1 is 1.30 bits per heavy atom. The number of hydrogen-bond donors (Lipinski definition) is 1. The van der Waals surface area contributed by atoms with Crippen molar-refractivity contribution in [3.05, 3.63) is 58.6 Å². The van der Waals surface area contributed by atoms with E-state index in [4.69, 9.17) is 4.74 Å². The van der Waals surface area contributed by atoms with Gasteiger partial charge in [0.15, 0.2) is 5.76 Å². The minimum atomic E-state index is -1.27. The molecule has 1 heterocycles. The molecule has 0 amide bonds. The summed E-state index contributed by atoms with van der Waals surface area (Å²) < 4.78 is 18.3. The van der Waals surface area contributed by atoms with Crippen molar-refractivity contribution in [2.24, 2.45) is 17.8 Å². The van der Waals surface area contributed by atoms with E-state index in [1.807, 2.05) is 18.2 Å². The third kappa shape index (κ3) is 5.20. The first kappa shape index (κ1) is 21.3. The zero-order chi connectivity index (χ0) is 21.1. The number of hydrogen-bond acceptors (Lipinski definition) is 4. The van der Waals surface area contributed by atoms with Crippen LogP contribution < -0.4 is 0 Å². The Kier molecular flexibility index (Phi) is 6.71. The van der Waals surface area contributed by atoms with E-state index in [1.165, 1.54) is 37.8 Å². The minimum absolute atomic E-state index is 0.216. The van der Waals surface area contributed by atoms with Crippen molar-refractivity contribution in [2.75, 3.05) is 13.1 Å². The molecule has 3 aliphatic rings. The molecule has 6 heteroatoms. The molecule has 0 aromatic heterocycles. The topological polar surface area (TPSA) is 49.8 Å². The summed E-state index contributed by atoms with van der Waals surface area (Å²) in [6.45, 7) is 3.94. The number of carbonyl (C=O) groups is 1. The van der Waals surface area contributed by atoms with E-state index in [2.05, 4.69) is 11.8 Å². The molecular weight excluding hydrogens is 401 g/mol. The van der Waals surface area contributed by atoms with Gasteiger partial charge in [0.25, 0.3) is 0 Å². The van der Waals surface area contributed by atoms with Crippen LogP contribution in [0.2, 0.25) is 0 Å². The van der Waals surface area contributed by atoms with Gasteiger partial charge in [0.2, 0.25) is 0 Å². The van der Waals surface area contributed by atoms with E-state index in [9.17, 15) is 14.3 Å². The molecule has 0 saturated heterocycles. The zero-order valence-electron chi connectivity index (χ0n) is 17.4. The highest BCUT2D eigenvalue weighted by molar-refractivity contribution is 8.03. The van der Waals surface area contributed by atoms with Gasteiger partial charge in [-0.25, -0.2) is 9.18 Å². The molecule has 4 unspecified atom stereocenters. The molecule has 1 aromatic rings. The minimum Gasteiger partial charge on any atom is -0.449 e. The van der Waals surface area contributed by atoms with E-state index in [1.54, 1.807) is 17.8 Å². The van der Waals surface area contributed by atoms with Gasteiger partial charge in [-0.2, -0.15) is 0 Å². The molecule has 162 valence electrons. The number of rotatable bonds is 8. The predicted octanol–water partition coefficient (Wildman–Crippen LogP) is 6.05. The lowest BCUT2D eigenvalue weighted by atomic mass is 9.88. The first-order valence-electron chi connectivity index (χ1n) is 11.0. The fourth-order valence-electron chi connectivity index (χ4n) is 5.21. The van der Waals surface area contributed by atoms with Gasteiger partial charge < -0.3 is 14.7 Å². The van der Waals surface area contributed by atoms with Crippen molar-refractivity contribution >= 4 is 17.9 Å². The normalized spacial score (nSPS) is 26.3. The van der Waals surface area contributed by atoms with Crippen molar-refractivity contribution < 1.29 is 19.0 Å². The summed E-state index contributed by atoms with van der Waals surface area (Å²) in [7, 11) is 0. The molecule has 2 aliphatic carbocycles. The SMILES string of the molecule is CC(CCc1ccc(F)cc1)SC1=C(OC(=O)O)C=CCN1CC1CC2CCC1C2. The number of aryl methyl sites for hydroxylation is 1. The largest absolute Gasteiger partial charge is 0.511 e. The van der Waals surface area contributed by atoms with Gasteiger partial charge in [-0.15, -0.1) is 11.8 Å². The number of halogens is 1. The molecule has 2 bridgehead atoms. The molecule has 0 radical (unpaired) electrons.